The van der Waals surface area contributed by atoms with Crippen LogP contribution in [0.15, 0.2) is 59.7 Å². The van der Waals surface area contributed by atoms with Gasteiger partial charge in [-0.3, -0.25) is 14.4 Å². The summed E-state index contributed by atoms with van der Waals surface area (Å²) in [6, 6.07) is 12.8. The van der Waals surface area contributed by atoms with E-state index < -0.39 is 36.0 Å². The van der Waals surface area contributed by atoms with Crippen LogP contribution in [0, 0.1) is 0 Å². The standard InChI is InChI=1S/C20H17F3N4O3/c21-20(22,23)13-5-4-8-15(11-13)24-17(28)12-27-18(29)10-9-16(26-27)19(30)25-14-6-2-1-3-7-14/h1-8,11H,9-10,12H2,(H,24,28)(H,25,30). The summed E-state index contributed by atoms with van der Waals surface area (Å²) in [5, 5.41) is 9.73. The molecular weight excluding hydrogens is 401 g/mol. The van der Waals surface area contributed by atoms with E-state index in [4.69, 9.17) is 0 Å². The number of nitrogens with zero attached hydrogens (tertiary/aromatic N) is 2. The quantitative estimate of drug-likeness (QED) is 0.781. The monoisotopic (exact) mass is 418 g/mol. The van der Waals surface area contributed by atoms with Crippen molar-refractivity contribution in [3.63, 3.8) is 0 Å². The zero-order valence-corrected chi connectivity index (χ0v) is 15.6. The van der Waals surface area contributed by atoms with E-state index in [1.165, 1.54) is 6.07 Å². The Labute approximate surface area is 169 Å². The van der Waals surface area contributed by atoms with Gasteiger partial charge < -0.3 is 10.6 Å². The molecule has 0 bridgehead atoms. The third-order valence-corrected chi connectivity index (χ3v) is 4.17. The summed E-state index contributed by atoms with van der Waals surface area (Å²) in [6.07, 6.45) is -4.45. The number of rotatable bonds is 5. The minimum atomic E-state index is -4.55. The molecule has 0 saturated carbocycles. The van der Waals surface area contributed by atoms with Crippen molar-refractivity contribution in [1.29, 1.82) is 0 Å². The lowest BCUT2D eigenvalue weighted by atomic mass is 10.1. The largest absolute Gasteiger partial charge is 0.416 e. The number of carbonyl (C=O) groups excluding carboxylic acids is 3. The summed E-state index contributed by atoms with van der Waals surface area (Å²) in [6.45, 7) is -0.531. The maximum absolute atomic E-state index is 12.8. The molecule has 0 aliphatic carbocycles. The lowest BCUT2D eigenvalue weighted by Gasteiger charge is -2.22. The average molecular weight is 418 g/mol. The molecule has 156 valence electrons. The van der Waals surface area contributed by atoms with Crippen LogP contribution in [-0.2, 0) is 20.6 Å². The van der Waals surface area contributed by atoms with Gasteiger partial charge in [0.25, 0.3) is 5.91 Å². The van der Waals surface area contributed by atoms with Gasteiger partial charge in [-0.15, -0.1) is 0 Å². The lowest BCUT2D eigenvalue weighted by molar-refractivity contribution is -0.137. The van der Waals surface area contributed by atoms with E-state index in [0.717, 1.165) is 23.2 Å². The van der Waals surface area contributed by atoms with Crippen LogP contribution in [0.3, 0.4) is 0 Å². The molecule has 2 aromatic carbocycles. The fourth-order valence-electron chi connectivity index (χ4n) is 2.72. The van der Waals surface area contributed by atoms with Crippen LogP contribution in [0.5, 0.6) is 0 Å². The number of para-hydroxylation sites is 1. The molecule has 0 fully saturated rings. The Kier molecular flexibility index (Phi) is 6.14. The van der Waals surface area contributed by atoms with E-state index in [1.807, 2.05) is 0 Å². The summed E-state index contributed by atoms with van der Waals surface area (Å²) < 4.78 is 38.3. The molecule has 3 rings (SSSR count). The minimum Gasteiger partial charge on any atom is -0.324 e. The Bertz CT molecular complexity index is 990. The normalized spacial score (nSPS) is 14.2. The highest BCUT2D eigenvalue weighted by molar-refractivity contribution is 6.43. The first kappa shape index (κ1) is 21.0. The van der Waals surface area contributed by atoms with E-state index in [9.17, 15) is 27.6 Å². The molecule has 3 amide bonds. The number of alkyl halides is 3. The Morgan fingerprint density at radius 3 is 2.37 bits per heavy atom. The van der Waals surface area contributed by atoms with Gasteiger partial charge in [-0.25, -0.2) is 5.01 Å². The number of amides is 3. The second-order valence-electron chi connectivity index (χ2n) is 6.44. The topological polar surface area (TPSA) is 90.9 Å². The third-order valence-electron chi connectivity index (χ3n) is 4.17. The van der Waals surface area contributed by atoms with E-state index in [1.54, 1.807) is 30.3 Å². The van der Waals surface area contributed by atoms with Crippen LogP contribution in [0.25, 0.3) is 0 Å². The fraction of sp³-hybridized carbons (Fsp3) is 0.200. The first-order valence-corrected chi connectivity index (χ1v) is 8.94. The van der Waals surface area contributed by atoms with Crippen molar-refractivity contribution in [1.82, 2.24) is 5.01 Å². The van der Waals surface area contributed by atoms with Crippen molar-refractivity contribution in [3.8, 4) is 0 Å². The molecule has 1 aliphatic rings. The number of anilines is 2. The van der Waals surface area contributed by atoms with Gasteiger partial charge in [0.05, 0.1) is 5.56 Å². The maximum Gasteiger partial charge on any atom is 0.416 e. The first-order chi connectivity index (χ1) is 14.2. The summed E-state index contributed by atoms with van der Waals surface area (Å²) >= 11 is 0. The Morgan fingerprint density at radius 1 is 0.967 bits per heavy atom. The first-order valence-electron chi connectivity index (χ1n) is 8.94. The summed E-state index contributed by atoms with van der Waals surface area (Å²) in [5.74, 6) is -1.71. The van der Waals surface area contributed by atoms with E-state index in [2.05, 4.69) is 15.7 Å². The number of hydrazone groups is 1. The van der Waals surface area contributed by atoms with Crippen molar-refractivity contribution >= 4 is 34.8 Å². The molecular formula is C20H17F3N4O3. The van der Waals surface area contributed by atoms with Crippen LogP contribution in [0.2, 0.25) is 0 Å². The summed E-state index contributed by atoms with van der Waals surface area (Å²) in [5.41, 5.74) is -0.348. The van der Waals surface area contributed by atoms with Crippen LogP contribution in [0.1, 0.15) is 18.4 Å². The van der Waals surface area contributed by atoms with E-state index in [0.29, 0.717) is 5.69 Å². The number of hydrogen-bond acceptors (Lipinski definition) is 4. The molecule has 1 aliphatic heterocycles. The van der Waals surface area contributed by atoms with Gasteiger partial charge in [-0.1, -0.05) is 24.3 Å². The van der Waals surface area contributed by atoms with Crippen LogP contribution in [-0.4, -0.2) is 35.0 Å². The van der Waals surface area contributed by atoms with Crippen molar-refractivity contribution < 1.29 is 27.6 Å². The highest BCUT2D eigenvalue weighted by Crippen LogP contribution is 2.30. The van der Waals surface area contributed by atoms with Gasteiger partial charge in [0.1, 0.15) is 12.3 Å². The number of carbonyl (C=O) groups is 3. The number of halogens is 3. The smallest absolute Gasteiger partial charge is 0.324 e. The molecule has 10 heteroatoms. The molecule has 0 spiro atoms. The zero-order chi connectivity index (χ0) is 21.7. The SMILES string of the molecule is O=C(CN1N=C(C(=O)Nc2ccccc2)CCC1=O)Nc1cccc(C(F)(F)F)c1. The highest BCUT2D eigenvalue weighted by Gasteiger charge is 2.31. The average Bonchev–Trinajstić information content (AvgIpc) is 2.70. The lowest BCUT2D eigenvalue weighted by Crippen LogP contribution is -2.40. The Morgan fingerprint density at radius 2 is 1.67 bits per heavy atom. The molecule has 0 saturated heterocycles. The number of hydrogen-bond donors (Lipinski definition) is 2. The molecule has 0 radical (unpaired) electrons. The van der Waals surface area contributed by atoms with Gasteiger partial charge in [-0.05, 0) is 30.3 Å². The molecule has 0 aromatic heterocycles. The molecule has 7 nitrogen and oxygen atoms in total. The van der Waals surface area contributed by atoms with Crippen LogP contribution < -0.4 is 10.6 Å². The molecule has 2 N–H and O–H groups in total. The Hall–Kier alpha value is -3.69. The van der Waals surface area contributed by atoms with E-state index in [-0.39, 0.29) is 24.2 Å². The molecule has 2 aromatic rings. The Balaban J connectivity index is 1.66. The fourth-order valence-corrected chi connectivity index (χ4v) is 2.72. The van der Waals surface area contributed by atoms with Crippen molar-refractivity contribution in [3.05, 3.63) is 60.2 Å². The predicted octanol–water partition coefficient (Wildman–Crippen LogP) is 3.26. The second-order valence-corrected chi connectivity index (χ2v) is 6.44. The minimum absolute atomic E-state index is 0.0160. The second kappa shape index (κ2) is 8.76. The van der Waals surface area contributed by atoms with Crippen molar-refractivity contribution in [2.75, 3.05) is 17.2 Å². The number of benzene rings is 2. The van der Waals surface area contributed by atoms with Gasteiger partial charge >= 0.3 is 6.18 Å². The van der Waals surface area contributed by atoms with Crippen LogP contribution in [0.4, 0.5) is 24.5 Å². The van der Waals surface area contributed by atoms with E-state index >= 15 is 0 Å². The third kappa shape index (κ3) is 5.43. The van der Waals surface area contributed by atoms with Gasteiger partial charge in [0.15, 0.2) is 0 Å². The molecule has 30 heavy (non-hydrogen) atoms. The van der Waals surface area contributed by atoms with Gasteiger partial charge in [0, 0.05) is 24.2 Å². The molecule has 1 heterocycles. The maximum atomic E-state index is 12.8. The zero-order valence-electron chi connectivity index (χ0n) is 15.6. The van der Waals surface area contributed by atoms with Crippen molar-refractivity contribution in [2.45, 2.75) is 19.0 Å². The summed E-state index contributed by atoms with van der Waals surface area (Å²) in [7, 11) is 0. The predicted molar refractivity (Wildman–Crippen MR) is 104 cm³/mol. The van der Waals surface area contributed by atoms with Gasteiger partial charge in [0.2, 0.25) is 11.8 Å². The highest BCUT2D eigenvalue weighted by atomic mass is 19.4. The van der Waals surface area contributed by atoms with Crippen LogP contribution >= 0.6 is 0 Å². The molecule has 0 unspecified atom stereocenters. The molecule has 0 atom stereocenters. The number of nitrogens with one attached hydrogen (secondary N) is 2. The summed E-state index contributed by atoms with van der Waals surface area (Å²) in [4.78, 5) is 36.6. The van der Waals surface area contributed by atoms with Gasteiger partial charge in [-0.2, -0.15) is 18.3 Å². The van der Waals surface area contributed by atoms with Crippen molar-refractivity contribution in [2.24, 2.45) is 5.10 Å².